The van der Waals surface area contributed by atoms with E-state index in [9.17, 15) is 0 Å². The molecule has 1 aliphatic heterocycles. The molecule has 2 fully saturated rings. The third kappa shape index (κ3) is 4.59. The fraction of sp³-hybridized carbons (Fsp3) is 1.00. The fourth-order valence-electron chi connectivity index (χ4n) is 4.07. The minimum absolute atomic E-state index is 0.100. The molecule has 1 saturated carbocycles. The van der Waals surface area contributed by atoms with Crippen LogP contribution in [-0.2, 0) is 13.7 Å². The first-order valence-corrected chi connectivity index (χ1v) is 13.5. The van der Waals surface area contributed by atoms with Gasteiger partial charge < -0.3 is 13.7 Å². The topological polar surface area (TPSA) is 27.7 Å². The summed E-state index contributed by atoms with van der Waals surface area (Å²) in [4.78, 5) is 0. The lowest BCUT2D eigenvalue weighted by Crippen LogP contribution is -2.43. The smallest absolute Gasteiger partial charge is 0.414 e. The molecule has 2 rings (SSSR count). The van der Waals surface area contributed by atoms with Gasteiger partial charge in [-0.25, -0.2) is 0 Å². The van der Waals surface area contributed by atoms with Crippen molar-refractivity contribution in [3.05, 3.63) is 0 Å². The molecule has 0 N–H and O–H groups in total. The van der Waals surface area contributed by atoms with E-state index in [1.54, 1.807) is 0 Å². The standard InChI is InChI=1S/C21H43BO3Si/c1-15(2)12-16-13-17(23-26(10,11)19(3,4)5)14-18(16)22-24-20(6,7)21(8,9)25-22/h15-18H,12-14H2,1-11H3/t16-,17-,18+/m1/s1. The Balaban J connectivity index is 2.15. The molecule has 3 atom stereocenters. The van der Waals surface area contributed by atoms with Crippen molar-refractivity contribution in [1.82, 2.24) is 0 Å². The van der Waals surface area contributed by atoms with Crippen molar-refractivity contribution in [2.24, 2.45) is 11.8 Å². The Morgan fingerprint density at radius 2 is 1.54 bits per heavy atom. The number of hydrogen-bond donors (Lipinski definition) is 0. The van der Waals surface area contributed by atoms with E-state index >= 15 is 0 Å². The van der Waals surface area contributed by atoms with Gasteiger partial charge in [0.2, 0.25) is 0 Å². The van der Waals surface area contributed by atoms with E-state index in [2.05, 4.69) is 75.4 Å². The molecule has 152 valence electrons. The maximum absolute atomic E-state index is 6.80. The summed E-state index contributed by atoms with van der Waals surface area (Å²) in [6.07, 6.45) is 3.80. The minimum atomic E-state index is -1.75. The summed E-state index contributed by atoms with van der Waals surface area (Å²) in [6.45, 7) is 25.0. The van der Waals surface area contributed by atoms with E-state index in [-0.39, 0.29) is 23.4 Å². The van der Waals surface area contributed by atoms with E-state index in [0.29, 0.717) is 23.8 Å². The second-order valence-corrected chi connectivity index (χ2v) is 16.4. The van der Waals surface area contributed by atoms with Gasteiger partial charge in [-0.15, -0.1) is 0 Å². The van der Waals surface area contributed by atoms with E-state index < -0.39 is 8.32 Å². The van der Waals surface area contributed by atoms with Crippen molar-refractivity contribution in [2.75, 3.05) is 0 Å². The van der Waals surface area contributed by atoms with Gasteiger partial charge in [0.05, 0.1) is 11.2 Å². The number of rotatable bonds is 5. The highest BCUT2D eigenvalue weighted by Crippen LogP contribution is 2.51. The maximum atomic E-state index is 6.80. The van der Waals surface area contributed by atoms with Gasteiger partial charge >= 0.3 is 7.12 Å². The van der Waals surface area contributed by atoms with Gasteiger partial charge in [0.1, 0.15) is 0 Å². The molecule has 26 heavy (non-hydrogen) atoms. The zero-order chi connectivity index (χ0) is 20.1. The highest BCUT2D eigenvalue weighted by Gasteiger charge is 2.57. The van der Waals surface area contributed by atoms with Crippen LogP contribution in [0.4, 0.5) is 0 Å². The molecule has 1 aliphatic carbocycles. The first-order chi connectivity index (χ1) is 11.6. The van der Waals surface area contributed by atoms with Crippen LogP contribution in [0.1, 0.15) is 81.6 Å². The van der Waals surface area contributed by atoms with Crippen LogP contribution < -0.4 is 0 Å². The highest BCUT2D eigenvalue weighted by atomic mass is 28.4. The minimum Gasteiger partial charge on any atom is -0.414 e. The summed E-state index contributed by atoms with van der Waals surface area (Å²) in [5.74, 6) is 1.75. The van der Waals surface area contributed by atoms with Crippen LogP contribution in [0.25, 0.3) is 0 Å². The summed E-state index contributed by atoms with van der Waals surface area (Å²) in [7, 11) is -1.85. The summed E-state index contributed by atoms with van der Waals surface area (Å²) < 4.78 is 19.7. The summed E-state index contributed by atoms with van der Waals surface area (Å²) >= 11 is 0. The van der Waals surface area contributed by atoms with Gasteiger partial charge in [0.25, 0.3) is 0 Å². The molecule has 0 amide bonds. The molecule has 0 aromatic carbocycles. The third-order valence-electron chi connectivity index (χ3n) is 7.37. The third-order valence-corrected chi connectivity index (χ3v) is 11.9. The van der Waals surface area contributed by atoms with E-state index in [1.165, 1.54) is 6.42 Å². The lowest BCUT2D eigenvalue weighted by atomic mass is 9.64. The molecule has 0 aromatic heterocycles. The fourth-order valence-corrected chi connectivity index (χ4v) is 5.45. The van der Waals surface area contributed by atoms with Crippen molar-refractivity contribution in [3.8, 4) is 0 Å². The lowest BCUT2D eigenvalue weighted by molar-refractivity contribution is 0.00578. The normalized spacial score (nSPS) is 31.8. The van der Waals surface area contributed by atoms with Crippen LogP contribution >= 0.6 is 0 Å². The molecular weight excluding hydrogens is 339 g/mol. The van der Waals surface area contributed by atoms with Gasteiger partial charge in [0.15, 0.2) is 8.32 Å². The molecule has 5 heteroatoms. The molecule has 1 saturated heterocycles. The zero-order valence-corrected chi connectivity index (χ0v) is 20.2. The predicted molar refractivity (Wildman–Crippen MR) is 114 cm³/mol. The monoisotopic (exact) mass is 382 g/mol. The molecule has 0 radical (unpaired) electrons. The van der Waals surface area contributed by atoms with Crippen LogP contribution in [0.3, 0.4) is 0 Å². The van der Waals surface area contributed by atoms with Crippen LogP contribution in [-0.4, -0.2) is 32.7 Å². The molecule has 0 aromatic rings. The Morgan fingerprint density at radius 3 is 1.96 bits per heavy atom. The second kappa shape index (κ2) is 7.20. The molecular formula is C21H43BO3Si. The molecule has 1 heterocycles. The summed E-state index contributed by atoms with van der Waals surface area (Å²) in [6, 6.07) is 0. The average molecular weight is 382 g/mol. The van der Waals surface area contributed by atoms with Crippen LogP contribution in [0.2, 0.25) is 23.9 Å². The van der Waals surface area contributed by atoms with Crippen molar-refractivity contribution in [1.29, 1.82) is 0 Å². The molecule has 0 spiro atoms. The first kappa shape index (κ1) is 22.5. The maximum Gasteiger partial charge on any atom is 0.461 e. The van der Waals surface area contributed by atoms with Gasteiger partial charge in [-0.2, -0.15) is 0 Å². The Labute approximate surface area is 164 Å². The lowest BCUT2D eigenvalue weighted by Gasteiger charge is -2.38. The van der Waals surface area contributed by atoms with Gasteiger partial charge in [-0.3, -0.25) is 0 Å². The average Bonchev–Trinajstić information content (AvgIpc) is 2.85. The Bertz CT molecular complexity index is 480. The van der Waals surface area contributed by atoms with Crippen molar-refractivity contribution in [2.45, 2.75) is 123 Å². The van der Waals surface area contributed by atoms with Crippen molar-refractivity contribution >= 4 is 15.4 Å². The first-order valence-electron chi connectivity index (χ1n) is 10.6. The Hall–Kier alpha value is 0.162. The van der Waals surface area contributed by atoms with Gasteiger partial charge in [-0.05, 0) is 82.7 Å². The molecule has 3 nitrogen and oxygen atoms in total. The highest BCUT2D eigenvalue weighted by molar-refractivity contribution is 6.74. The van der Waals surface area contributed by atoms with Gasteiger partial charge in [0, 0.05) is 6.10 Å². The van der Waals surface area contributed by atoms with Crippen molar-refractivity contribution < 1.29 is 13.7 Å². The van der Waals surface area contributed by atoms with E-state index in [0.717, 1.165) is 12.8 Å². The van der Waals surface area contributed by atoms with E-state index in [1.807, 2.05) is 0 Å². The Kier molecular flexibility index (Phi) is 6.22. The SMILES string of the molecule is CC(C)C[C@@H]1C[C@@H](O[Si](C)(C)C(C)(C)C)C[C@@H]1B1OC(C)(C)C(C)(C)O1. The van der Waals surface area contributed by atoms with Crippen LogP contribution in [0.15, 0.2) is 0 Å². The second-order valence-electron chi connectivity index (χ2n) is 11.6. The van der Waals surface area contributed by atoms with Crippen LogP contribution in [0, 0.1) is 11.8 Å². The zero-order valence-electron chi connectivity index (χ0n) is 19.2. The predicted octanol–water partition coefficient (Wildman–Crippen LogP) is 6.30. The quantitative estimate of drug-likeness (QED) is 0.523. The molecule has 0 bridgehead atoms. The summed E-state index contributed by atoms with van der Waals surface area (Å²) in [5.41, 5.74) is -0.503. The molecule has 0 unspecified atom stereocenters. The Morgan fingerprint density at radius 1 is 1.04 bits per heavy atom. The van der Waals surface area contributed by atoms with Gasteiger partial charge in [-0.1, -0.05) is 34.6 Å². The van der Waals surface area contributed by atoms with E-state index in [4.69, 9.17) is 13.7 Å². The van der Waals surface area contributed by atoms with Crippen LogP contribution in [0.5, 0.6) is 0 Å². The largest absolute Gasteiger partial charge is 0.461 e. The van der Waals surface area contributed by atoms with Crippen molar-refractivity contribution in [3.63, 3.8) is 0 Å². The number of hydrogen-bond acceptors (Lipinski definition) is 3. The summed E-state index contributed by atoms with van der Waals surface area (Å²) in [5, 5.41) is 0.253. The molecule has 2 aliphatic rings.